The first-order chi connectivity index (χ1) is 12.2. The summed E-state index contributed by atoms with van der Waals surface area (Å²) in [5.74, 6) is -0.145. The van der Waals surface area contributed by atoms with Crippen LogP contribution in [0.25, 0.3) is 11.1 Å². The molecule has 5 heteroatoms. The maximum atomic E-state index is 12.5. The number of ketones is 1. The molecule has 1 fully saturated rings. The normalized spacial score (nSPS) is 16.4. The van der Waals surface area contributed by atoms with Crippen molar-refractivity contribution in [2.75, 3.05) is 39.4 Å². The van der Waals surface area contributed by atoms with E-state index in [1.54, 1.807) is 12.1 Å². The molecule has 0 aromatic heterocycles. The van der Waals surface area contributed by atoms with Gasteiger partial charge in [-0.25, -0.2) is 0 Å². The van der Waals surface area contributed by atoms with Crippen molar-refractivity contribution in [3.8, 4) is 11.1 Å². The first-order valence-corrected chi connectivity index (χ1v) is 8.60. The molecule has 0 saturated carbocycles. The number of carbonyl (C=O) groups is 2. The fourth-order valence-corrected chi connectivity index (χ4v) is 3.42. The van der Waals surface area contributed by atoms with Gasteiger partial charge in [-0.3, -0.25) is 14.5 Å². The average Bonchev–Trinajstić information content (AvgIpc) is 2.95. The molecule has 0 radical (unpaired) electrons. The topological polar surface area (TPSA) is 58.6 Å². The Balaban J connectivity index is 1.44. The summed E-state index contributed by atoms with van der Waals surface area (Å²) in [6.45, 7) is 4.71. The minimum Gasteiger partial charge on any atom is -0.379 e. The third kappa shape index (κ3) is 3.08. The summed E-state index contributed by atoms with van der Waals surface area (Å²) < 4.78 is 5.31. The molecule has 4 rings (SSSR count). The summed E-state index contributed by atoms with van der Waals surface area (Å²) in [6, 6.07) is 12.9. The predicted octanol–water partition coefficient (Wildman–Crippen LogP) is 1.96. The zero-order chi connectivity index (χ0) is 17.2. The van der Waals surface area contributed by atoms with Gasteiger partial charge in [0, 0.05) is 42.9 Å². The quantitative estimate of drug-likeness (QED) is 0.791. The number of carbonyl (C=O) groups excluding carboxylic acids is 2. The second-order valence-corrected chi connectivity index (χ2v) is 6.34. The van der Waals surface area contributed by atoms with Gasteiger partial charge in [-0.1, -0.05) is 30.3 Å². The highest BCUT2D eigenvalue weighted by molar-refractivity contribution is 6.22. The van der Waals surface area contributed by atoms with Crippen molar-refractivity contribution in [3.05, 3.63) is 59.2 Å². The Bertz CT molecular complexity index is 825. The lowest BCUT2D eigenvalue weighted by molar-refractivity contribution is 0.0383. The molecule has 1 aliphatic carbocycles. The minimum atomic E-state index is -0.139. The fourth-order valence-electron chi connectivity index (χ4n) is 3.42. The number of benzene rings is 2. The van der Waals surface area contributed by atoms with Crippen LogP contribution in [0.5, 0.6) is 0 Å². The monoisotopic (exact) mass is 336 g/mol. The Morgan fingerprint density at radius 2 is 1.72 bits per heavy atom. The lowest BCUT2D eigenvalue weighted by Gasteiger charge is -2.26. The smallest absolute Gasteiger partial charge is 0.251 e. The van der Waals surface area contributed by atoms with Gasteiger partial charge in [0.2, 0.25) is 0 Å². The fraction of sp³-hybridized carbons (Fsp3) is 0.300. The van der Waals surface area contributed by atoms with Crippen LogP contribution in [-0.4, -0.2) is 56.0 Å². The van der Waals surface area contributed by atoms with Crippen molar-refractivity contribution in [1.82, 2.24) is 10.2 Å². The van der Waals surface area contributed by atoms with Crippen LogP contribution in [0, 0.1) is 0 Å². The molecule has 0 atom stereocenters. The number of ether oxygens (including phenoxy) is 1. The van der Waals surface area contributed by atoms with Crippen molar-refractivity contribution < 1.29 is 14.3 Å². The summed E-state index contributed by atoms with van der Waals surface area (Å²) in [5, 5.41) is 2.94. The number of hydrogen-bond donors (Lipinski definition) is 1. The van der Waals surface area contributed by atoms with E-state index in [-0.39, 0.29) is 11.7 Å². The van der Waals surface area contributed by atoms with Crippen LogP contribution in [-0.2, 0) is 4.74 Å². The molecule has 0 spiro atoms. The van der Waals surface area contributed by atoms with Crippen LogP contribution >= 0.6 is 0 Å². The minimum absolute atomic E-state index is 0.00596. The predicted molar refractivity (Wildman–Crippen MR) is 94.9 cm³/mol. The molecule has 1 N–H and O–H groups in total. The molecule has 128 valence electrons. The van der Waals surface area contributed by atoms with Gasteiger partial charge < -0.3 is 10.1 Å². The summed E-state index contributed by atoms with van der Waals surface area (Å²) >= 11 is 0. The van der Waals surface area contributed by atoms with Crippen molar-refractivity contribution >= 4 is 11.7 Å². The van der Waals surface area contributed by atoms with Gasteiger partial charge >= 0.3 is 0 Å². The Labute approximate surface area is 146 Å². The van der Waals surface area contributed by atoms with Crippen LogP contribution in [0.2, 0.25) is 0 Å². The first-order valence-electron chi connectivity index (χ1n) is 8.60. The third-order valence-electron chi connectivity index (χ3n) is 4.81. The summed E-state index contributed by atoms with van der Waals surface area (Å²) in [5.41, 5.74) is 3.71. The SMILES string of the molecule is O=C(NCCN1CCOCC1)c1ccc2c(c1)C(=O)c1ccccc1-2. The molecule has 2 aromatic rings. The van der Waals surface area contributed by atoms with E-state index in [0.717, 1.165) is 44.0 Å². The van der Waals surface area contributed by atoms with Gasteiger partial charge in [0.1, 0.15) is 0 Å². The third-order valence-corrected chi connectivity index (χ3v) is 4.81. The number of nitrogens with one attached hydrogen (secondary N) is 1. The van der Waals surface area contributed by atoms with Crippen LogP contribution in [0.3, 0.4) is 0 Å². The highest BCUT2D eigenvalue weighted by Gasteiger charge is 2.26. The molecule has 2 aliphatic rings. The number of amides is 1. The van der Waals surface area contributed by atoms with E-state index < -0.39 is 0 Å². The second-order valence-electron chi connectivity index (χ2n) is 6.34. The van der Waals surface area contributed by atoms with Gasteiger partial charge in [0.25, 0.3) is 5.91 Å². The molecule has 25 heavy (non-hydrogen) atoms. The number of fused-ring (bicyclic) bond motifs is 3. The Kier molecular flexibility index (Phi) is 4.34. The van der Waals surface area contributed by atoms with Crippen LogP contribution in [0.15, 0.2) is 42.5 Å². The molecule has 1 aliphatic heterocycles. The van der Waals surface area contributed by atoms with E-state index in [4.69, 9.17) is 4.74 Å². The van der Waals surface area contributed by atoms with E-state index in [1.807, 2.05) is 30.3 Å². The van der Waals surface area contributed by atoms with Gasteiger partial charge in [-0.05, 0) is 23.3 Å². The van der Waals surface area contributed by atoms with Crippen molar-refractivity contribution in [3.63, 3.8) is 0 Å². The highest BCUT2D eigenvalue weighted by atomic mass is 16.5. The van der Waals surface area contributed by atoms with E-state index in [0.29, 0.717) is 23.2 Å². The molecule has 5 nitrogen and oxygen atoms in total. The maximum absolute atomic E-state index is 12.5. The number of rotatable bonds is 4. The molecule has 2 aromatic carbocycles. The second kappa shape index (κ2) is 6.78. The zero-order valence-electron chi connectivity index (χ0n) is 14.0. The lowest BCUT2D eigenvalue weighted by Crippen LogP contribution is -2.41. The zero-order valence-corrected chi connectivity index (χ0v) is 14.0. The van der Waals surface area contributed by atoms with Gasteiger partial charge in [-0.15, -0.1) is 0 Å². The molecule has 0 unspecified atom stereocenters. The van der Waals surface area contributed by atoms with E-state index >= 15 is 0 Å². The highest BCUT2D eigenvalue weighted by Crippen LogP contribution is 2.36. The molecular formula is C20H20N2O3. The summed E-state index contributed by atoms with van der Waals surface area (Å²) in [4.78, 5) is 27.2. The van der Waals surface area contributed by atoms with Crippen LogP contribution in [0.1, 0.15) is 26.3 Å². The Morgan fingerprint density at radius 3 is 2.52 bits per heavy atom. The number of hydrogen-bond acceptors (Lipinski definition) is 4. The van der Waals surface area contributed by atoms with E-state index in [1.165, 1.54) is 0 Å². The van der Waals surface area contributed by atoms with E-state index in [2.05, 4.69) is 10.2 Å². The van der Waals surface area contributed by atoms with Gasteiger partial charge in [-0.2, -0.15) is 0 Å². The molecule has 0 bridgehead atoms. The van der Waals surface area contributed by atoms with Crippen molar-refractivity contribution in [1.29, 1.82) is 0 Å². The Morgan fingerprint density at radius 1 is 1.00 bits per heavy atom. The molecule has 1 saturated heterocycles. The lowest BCUT2D eigenvalue weighted by atomic mass is 10.0. The number of morpholine rings is 1. The standard InChI is InChI=1S/C20H20N2O3/c23-19-17-4-2-1-3-15(17)16-6-5-14(13-18(16)19)20(24)21-7-8-22-9-11-25-12-10-22/h1-6,13H,7-12H2,(H,21,24). The van der Waals surface area contributed by atoms with Crippen LogP contribution in [0.4, 0.5) is 0 Å². The van der Waals surface area contributed by atoms with Gasteiger partial charge in [0.05, 0.1) is 13.2 Å². The van der Waals surface area contributed by atoms with Gasteiger partial charge in [0.15, 0.2) is 5.78 Å². The molecule has 1 heterocycles. The average molecular weight is 336 g/mol. The van der Waals surface area contributed by atoms with E-state index in [9.17, 15) is 9.59 Å². The Hall–Kier alpha value is -2.50. The van der Waals surface area contributed by atoms with Crippen molar-refractivity contribution in [2.24, 2.45) is 0 Å². The summed E-state index contributed by atoms with van der Waals surface area (Å²) in [6.07, 6.45) is 0. The molecule has 1 amide bonds. The maximum Gasteiger partial charge on any atom is 0.251 e. The van der Waals surface area contributed by atoms with Crippen molar-refractivity contribution in [2.45, 2.75) is 0 Å². The molecular weight excluding hydrogens is 316 g/mol. The van der Waals surface area contributed by atoms with Crippen LogP contribution < -0.4 is 5.32 Å². The largest absolute Gasteiger partial charge is 0.379 e. The summed E-state index contributed by atoms with van der Waals surface area (Å²) in [7, 11) is 0. The first kappa shape index (κ1) is 16.0. The number of nitrogens with zero attached hydrogens (tertiary/aromatic N) is 1.